The molecule has 9 heteroatoms. The van der Waals surface area contributed by atoms with Crippen LogP contribution in [0.25, 0.3) is 28.1 Å². The van der Waals surface area contributed by atoms with Crippen LogP contribution in [0, 0.1) is 0 Å². The molecule has 1 amide bonds. The highest BCUT2D eigenvalue weighted by Gasteiger charge is 2.38. The number of allylic oxidation sites excluding steroid dienone is 1. The first-order valence-corrected chi connectivity index (χ1v) is 11.8. The number of benzene rings is 1. The van der Waals surface area contributed by atoms with E-state index in [2.05, 4.69) is 44.2 Å². The number of nitrogens with one attached hydrogen (secondary N) is 1. The highest BCUT2D eigenvalue weighted by Crippen LogP contribution is 2.39. The second-order valence-electron chi connectivity index (χ2n) is 9.18. The molecule has 2 aliphatic heterocycles. The molecule has 1 N–H and O–H groups in total. The van der Waals surface area contributed by atoms with Crippen molar-refractivity contribution in [2.45, 2.75) is 25.8 Å². The maximum Gasteiger partial charge on any atom is 0.238 e. The molecule has 1 saturated heterocycles. The third kappa shape index (κ3) is 3.78. The SMILES string of the molecule is C=C(C)c1cc(Nc2cnc3c(c2)N2C(=O)CC[C@H]2CO3)ncc1-c1ccc(-c2nncn2C)cc1. The largest absolute Gasteiger partial charge is 0.474 e. The zero-order valence-electron chi connectivity index (χ0n) is 20.1. The molecule has 1 fully saturated rings. The number of rotatable bonds is 5. The van der Waals surface area contributed by atoms with Crippen LogP contribution in [0.2, 0.25) is 0 Å². The van der Waals surface area contributed by atoms with Crippen LogP contribution in [0.1, 0.15) is 25.3 Å². The summed E-state index contributed by atoms with van der Waals surface area (Å²) < 4.78 is 7.66. The Morgan fingerprint density at radius 2 is 1.94 bits per heavy atom. The van der Waals surface area contributed by atoms with E-state index < -0.39 is 0 Å². The van der Waals surface area contributed by atoms with Gasteiger partial charge in [0.25, 0.3) is 0 Å². The smallest absolute Gasteiger partial charge is 0.238 e. The predicted molar refractivity (Wildman–Crippen MR) is 138 cm³/mol. The Morgan fingerprint density at radius 3 is 2.69 bits per heavy atom. The number of pyridine rings is 2. The van der Waals surface area contributed by atoms with Gasteiger partial charge < -0.3 is 19.5 Å². The minimum atomic E-state index is 0.0783. The molecule has 0 radical (unpaired) electrons. The van der Waals surface area contributed by atoms with Crippen LogP contribution in [0.3, 0.4) is 0 Å². The van der Waals surface area contributed by atoms with Gasteiger partial charge in [-0.2, -0.15) is 0 Å². The van der Waals surface area contributed by atoms with E-state index in [1.165, 1.54) is 0 Å². The number of ether oxygens (including phenoxy) is 1. The van der Waals surface area contributed by atoms with Gasteiger partial charge in [0.1, 0.15) is 24.4 Å². The third-order valence-electron chi connectivity index (χ3n) is 6.63. The van der Waals surface area contributed by atoms with E-state index in [-0.39, 0.29) is 11.9 Å². The van der Waals surface area contributed by atoms with Crippen molar-refractivity contribution in [1.29, 1.82) is 0 Å². The Bertz CT molecular complexity index is 1490. The van der Waals surface area contributed by atoms with Crippen molar-refractivity contribution < 1.29 is 9.53 Å². The van der Waals surface area contributed by atoms with E-state index in [9.17, 15) is 4.79 Å². The predicted octanol–water partition coefficient (Wildman–Crippen LogP) is 4.60. The fraction of sp³-hybridized carbons (Fsp3) is 0.222. The van der Waals surface area contributed by atoms with Crippen LogP contribution in [0.4, 0.5) is 17.2 Å². The van der Waals surface area contributed by atoms with Gasteiger partial charge in [0.2, 0.25) is 11.8 Å². The second-order valence-corrected chi connectivity index (χ2v) is 9.18. The van der Waals surface area contributed by atoms with Crippen molar-refractivity contribution in [2.24, 2.45) is 7.05 Å². The second kappa shape index (κ2) is 8.60. The molecule has 5 heterocycles. The Hall–Kier alpha value is -4.53. The zero-order chi connectivity index (χ0) is 24.8. The van der Waals surface area contributed by atoms with Crippen LogP contribution in [-0.2, 0) is 11.8 Å². The summed E-state index contributed by atoms with van der Waals surface area (Å²) in [5, 5.41) is 11.5. The first-order valence-electron chi connectivity index (χ1n) is 11.8. The molecule has 1 aromatic carbocycles. The molecule has 0 aliphatic carbocycles. The maximum absolute atomic E-state index is 12.4. The monoisotopic (exact) mass is 479 g/mol. The van der Waals surface area contributed by atoms with Gasteiger partial charge in [0.05, 0.1) is 17.9 Å². The summed E-state index contributed by atoms with van der Waals surface area (Å²) >= 11 is 0. The van der Waals surface area contributed by atoms with Crippen molar-refractivity contribution in [2.75, 3.05) is 16.8 Å². The van der Waals surface area contributed by atoms with E-state index in [4.69, 9.17) is 4.74 Å². The normalized spacial score (nSPS) is 16.3. The minimum Gasteiger partial charge on any atom is -0.474 e. The van der Waals surface area contributed by atoms with Gasteiger partial charge in [-0.3, -0.25) is 4.79 Å². The van der Waals surface area contributed by atoms with Crippen molar-refractivity contribution in [3.8, 4) is 28.4 Å². The molecule has 180 valence electrons. The number of fused-ring (bicyclic) bond motifs is 3. The molecule has 0 unspecified atom stereocenters. The Kier molecular flexibility index (Phi) is 5.25. The number of hydrogen-bond acceptors (Lipinski definition) is 7. The number of aryl methyl sites for hydroxylation is 1. The molecule has 0 saturated carbocycles. The number of amides is 1. The summed E-state index contributed by atoms with van der Waals surface area (Å²) in [7, 11) is 1.92. The number of hydrogen-bond donors (Lipinski definition) is 1. The van der Waals surface area contributed by atoms with Gasteiger partial charge in [-0.05, 0) is 36.6 Å². The quantitative estimate of drug-likeness (QED) is 0.447. The van der Waals surface area contributed by atoms with E-state index >= 15 is 0 Å². The molecule has 6 rings (SSSR count). The lowest BCUT2D eigenvalue weighted by molar-refractivity contribution is -0.117. The van der Waals surface area contributed by atoms with Gasteiger partial charge in [-0.25, -0.2) is 9.97 Å². The summed E-state index contributed by atoms with van der Waals surface area (Å²) in [6.07, 6.45) is 6.57. The van der Waals surface area contributed by atoms with E-state index in [1.807, 2.05) is 53.9 Å². The lowest BCUT2D eigenvalue weighted by Gasteiger charge is -2.31. The highest BCUT2D eigenvalue weighted by atomic mass is 16.5. The average Bonchev–Trinajstić information content (AvgIpc) is 3.49. The van der Waals surface area contributed by atoms with Gasteiger partial charge in [0.15, 0.2) is 5.82 Å². The van der Waals surface area contributed by atoms with Crippen molar-refractivity contribution in [1.82, 2.24) is 24.7 Å². The van der Waals surface area contributed by atoms with Gasteiger partial charge in [-0.1, -0.05) is 36.4 Å². The van der Waals surface area contributed by atoms with Gasteiger partial charge in [-0.15, -0.1) is 10.2 Å². The Morgan fingerprint density at radius 1 is 1.14 bits per heavy atom. The van der Waals surface area contributed by atoms with Crippen LogP contribution >= 0.6 is 0 Å². The molecule has 0 bridgehead atoms. The summed E-state index contributed by atoms with van der Waals surface area (Å²) in [5.74, 6) is 2.07. The van der Waals surface area contributed by atoms with Gasteiger partial charge in [0, 0.05) is 30.8 Å². The molecular formula is C27H25N7O2. The topological polar surface area (TPSA) is 98.1 Å². The maximum atomic E-state index is 12.4. The Balaban J connectivity index is 1.29. The Labute approximate surface area is 208 Å². The number of carbonyl (C=O) groups is 1. The molecular weight excluding hydrogens is 454 g/mol. The van der Waals surface area contributed by atoms with Crippen LogP contribution in [-0.4, -0.2) is 43.3 Å². The highest BCUT2D eigenvalue weighted by molar-refractivity contribution is 5.98. The third-order valence-corrected chi connectivity index (χ3v) is 6.63. The molecule has 2 aliphatic rings. The fourth-order valence-electron chi connectivity index (χ4n) is 4.80. The first-order chi connectivity index (χ1) is 17.5. The van der Waals surface area contributed by atoms with E-state index in [0.29, 0.717) is 30.4 Å². The lowest BCUT2D eigenvalue weighted by Crippen LogP contribution is -2.40. The van der Waals surface area contributed by atoms with E-state index in [1.54, 1.807) is 12.5 Å². The summed E-state index contributed by atoms with van der Waals surface area (Å²) in [6, 6.07) is 12.1. The summed E-state index contributed by atoms with van der Waals surface area (Å²) in [6.45, 7) is 6.65. The molecule has 4 aromatic rings. The van der Waals surface area contributed by atoms with Crippen molar-refractivity contribution in [3.63, 3.8) is 0 Å². The van der Waals surface area contributed by atoms with Crippen molar-refractivity contribution in [3.05, 3.63) is 67.3 Å². The minimum absolute atomic E-state index is 0.0783. The average molecular weight is 480 g/mol. The number of carbonyl (C=O) groups excluding carboxylic acids is 1. The molecule has 9 nitrogen and oxygen atoms in total. The number of aromatic nitrogens is 5. The van der Waals surface area contributed by atoms with Crippen LogP contribution in [0.5, 0.6) is 5.88 Å². The standard InChI is InChI=1S/C27H25N7O2/c1-16(2)21-11-24(28-13-22(21)17-4-6-18(7-5-17)26-32-30-15-33(26)3)31-19-10-23-27(29-12-19)36-14-20-8-9-25(35)34(20)23/h4-7,10-13,15,20H,1,8-9,14H2,2-3H3,(H,28,31)/t20-/m0/s1. The summed E-state index contributed by atoms with van der Waals surface area (Å²) in [4.78, 5) is 23.3. The molecule has 3 aromatic heterocycles. The molecule has 1 atom stereocenters. The van der Waals surface area contributed by atoms with E-state index in [0.717, 1.165) is 45.8 Å². The van der Waals surface area contributed by atoms with Crippen LogP contribution in [0.15, 0.2) is 61.7 Å². The number of nitrogens with zero attached hydrogens (tertiary/aromatic N) is 6. The van der Waals surface area contributed by atoms with Crippen molar-refractivity contribution >= 4 is 28.7 Å². The molecule has 0 spiro atoms. The first kappa shape index (κ1) is 22.0. The lowest BCUT2D eigenvalue weighted by atomic mass is 9.97. The number of anilines is 3. The van der Waals surface area contributed by atoms with Gasteiger partial charge >= 0.3 is 0 Å². The fourth-order valence-corrected chi connectivity index (χ4v) is 4.80. The summed E-state index contributed by atoms with van der Waals surface area (Å²) in [5.41, 5.74) is 6.36. The molecule has 36 heavy (non-hydrogen) atoms. The zero-order valence-corrected chi connectivity index (χ0v) is 20.1. The van der Waals surface area contributed by atoms with Crippen LogP contribution < -0.4 is 15.0 Å².